The lowest BCUT2D eigenvalue weighted by atomic mass is 10.1. The van der Waals surface area contributed by atoms with Gasteiger partial charge in [-0.15, -0.1) is 0 Å². The Hall–Kier alpha value is -1.14. The average Bonchev–Trinajstić information content (AvgIpc) is 2.87. The summed E-state index contributed by atoms with van der Waals surface area (Å²) in [6.07, 6.45) is 0.955. The van der Waals surface area contributed by atoms with Crippen molar-refractivity contribution >= 4 is 45.6 Å². The summed E-state index contributed by atoms with van der Waals surface area (Å²) in [6, 6.07) is 5.43. The topological polar surface area (TPSA) is 46.4 Å². The second kappa shape index (κ2) is 6.77. The molecule has 2 heterocycles. The zero-order valence-electron chi connectivity index (χ0n) is 13.0. The number of fused-ring (bicyclic) bond motifs is 1. The van der Waals surface area contributed by atoms with Crippen molar-refractivity contribution in [2.75, 3.05) is 11.9 Å². The number of halogens is 2. The molecule has 0 fully saturated rings. The Labute approximate surface area is 149 Å². The highest BCUT2D eigenvalue weighted by molar-refractivity contribution is 7.15. The second-order valence-corrected chi connectivity index (χ2v) is 7.88. The maximum atomic E-state index is 12.4. The molecule has 0 radical (unpaired) electrons. The largest absolute Gasteiger partial charge is 0.328 e. The van der Waals surface area contributed by atoms with Crippen LogP contribution in [-0.2, 0) is 13.0 Å². The van der Waals surface area contributed by atoms with Crippen LogP contribution < -0.4 is 10.2 Å². The third-order valence-corrected chi connectivity index (χ3v) is 5.62. The zero-order chi connectivity index (χ0) is 16.6. The van der Waals surface area contributed by atoms with Crippen molar-refractivity contribution in [1.82, 2.24) is 4.98 Å². The van der Waals surface area contributed by atoms with Crippen LogP contribution in [0, 0.1) is 0 Å². The minimum absolute atomic E-state index is 0.258. The van der Waals surface area contributed by atoms with Gasteiger partial charge < -0.3 is 4.90 Å². The van der Waals surface area contributed by atoms with Crippen molar-refractivity contribution in [1.29, 1.82) is 0 Å². The van der Waals surface area contributed by atoms with E-state index in [1.165, 1.54) is 4.88 Å². The normalized spacial score (nSPS) is 17.2. The van der Waals surface area contributed by atoms with Crippen molar-refractivity contribution < 1.29 is 9.69 Å². The number of anilines is 1. The number of rotatable bonds is 3. The van der Waals surface area contributed by atoms with E-state index >= 15 is 0 Å². The first-order valence-electron chi connectivity index (χ1n) is 7.53. The van der Waals surface area contributed by atoms with Crippen LogP contribution in [0.4, 0.5) is 5.13 Å². The van der Waals surface area contributed by atoms with Crippen LogP contribution in [0.15, 0.2) is 18.2 Å². The first-order valence-corrected chi connectivity index (χ1v) is 9.11. The van der Waals surface area contributed by atoms with Crippen molar-refractivity contribution in [2.45, 2.75) is 32.9 Å². The Balaban J connectivity index is 1.75. The molecule has 0 saturated heterocycles. The summed E-state index contributed by atoms with van der Waals surface area (Å²) in [7, 11) is 0. The van der Waals surface area contributed by atoms with Crippen LogP contribution in [0.5, 0.6) is 0 Å². The summed E-state index contributed by atoms with van der Waals surface area (Å²) in [6.45, 7) is 6.52. The Morgan fingerprint density at radius 1 is 1.39 bits per heavy atom. The van der Waals surface area contributed by atoms with E-state index in [1.807, 2.05) is 0 Å². The number of nitrogens with one attached hydrogen (secondary N) is 2. The number of aromatic nitrogens is 1. The van der Waals surface area contributed by atoms with Gasteiger partial charge in [0.25, 0.3) is 5.91 Å². The van der Waals surface area contributed by atoms with Gasteiger partial charge in [-0.25, -0.2) is 4.98 Å². The first kappa shape index (κ1) is 16.7. The van der Waals surface area contributed by atoms with Crippen molar-refractivity contribution in [3.8, 4) is 0 Å². The highest BCUT2D eigenvalue weighted by Crippen LogP contribution is 2.26. The number of thiazole rings is 1. The predicted molar refractivity (Wildman–Crippen MR) is 94.9 cm³/mol. The molecule has 1 atom stereocenters. The first-order chi connectivity index (χ1) is 10.9. The molecule has 0 bridgehead atoms. The Morgan fingerprint density at radius 3 is 2.87 bits per heavy atom. The summed E-state index contributed by atoms with van der Waals surface area (Å²) in [5.41, 5.74) is 1.51. The molecule has 0 saturated carbocycles. The highest BCUT2D eigenvalue weighted by Gasteiger charge is 2.26. The quantitative estimate of drug-likeness (QED) is 0.871. The van der Waals surface area contributed by atoms with Crippen LogP contribution >= 0.6 is 34.5 Å². The Morgan fingerprint density at radius 2 is 2.17 bits per heavy atom. The van der Waals surface area contributed by atoms with Crippen LogP contribution in [0.1, 0.15) is 34.8 Å². The molecule has 122 valence electrons. The number of hydrogen-bond acceptors (Lipinski definition) is 3. The van der Waals surface area contributed by atoms with Gasteiger partial charge in [-0.1, -0.05) is 34.5 Å². The van der Waals surface area contributed by atoms with Gasteiger partial charge in [-0.2, -0.15) is 0 Å². The molecule has 0 spiro atoms. The van der Waals surface area contributed by atoms with Gasteiger partial charge in [0.2, 0.25) is 0 Å². The number of nitrogens with zero attached hydrogens (tertiary/aromatic N) is 1. The van der Waals surface area contributed by atoms with Gasteiger partial charge in [0, 0.05) is 11.4 Å². The molecule has 2 aromatic rings. The van der Waals surface area contributed by atoms with Gasteiger partial charge in [-0.05, 0) is 32.0 Å². The lowest BCUT2D eigenvalue weighted by Crippen LogP contribution is -3.14. The van der Waals surface area contributed by atoms with Crippen molar-refractivity contribution in [2.24, 2.45) is 0 Å². The number of carbonyl (C=O) groups is 1. The molecule has 3 rings (SSSR count). The molecule has 2 N–H and O–H groups in total. The van der Waals surface area contributed by atoms with Gasteiger partial charge >= 0.3 is 0 Å². The van der Waals surface area contributed by atoms with Gasteiger partial charge in [-0.3, -0.25) is 10.1 Å². The molecule has 1 aromatic carbocycles. The van der Waals surface area contributed by atoms with Crippen molar-refractivity contribution in [3.05, 3.63) is 44.4 Å². The maximum absolute atomic E-state index is 12.4. The summed E-state index contributed by atoms with van der Waals surface area (Å²) >= 11 is 13.5. The lowest BCUT2D eigenvalue weighted by Gasteiger charge is -2.26. The van der Waals surface area contributed by atoms with Crippen LogP contribution in [0.2, 0.25) is 10.0 Å². The smallest absolute Gasteiger partial charge is 0.258 e. The fraction of sp³-hybridized carbons (Fsp3) is 0.375. The Kier molecular flexibility index (Phi) is 4.92. The standard InChI is InChI=1S/C16H17Cl2N3OS/c1-9(2)21-6-5-13-14(8-21)23-16(19-13)20-15(22)11-4-3-10(17)7-12(11)18/h3-4,7,9H,5-6,8H2,1-2H3,(H,19,20,22)/p+1. The van der Waals surface area contributed by atoms with E-state index in [0.717, 1.165) is 25.2 Å². The highest BCUT2D eigenvalue weighted by atomic mass is 35.5. The van der Waals surface area contributed by atoms with Gasteiger partial charge in [0.1, 0.15) is 6.54 Å². The molecule has 1 unspecified atom stereocenters. The van der Waals surface area contributed by atoms with E-state index in [9.17, 15) is 4.79 Å². The summed E-state index contributed by atoms with van der Waals surface area (Å²) in [4.78, 5) is 19.7. The molecule has 7 heteroatoms. The number of carbonyl (C=O) groups excluding carboxylic acids is 1. The zero-order valence-corrected chi connectivity index (χ0v) is 15.3. The number of hydrogen-bond donors (Lipinski definition) is 2. The number of amides is 1. The monoisotopic (exact) mass is 370 g/mol. The molecule has 0 aliphatic carbocycles. The molecule has 1 amide bonds. The summed E-state index contributed by atoms with van der Waals surface area (Å²) < 4.78 is 0. The SMILES string of the molecule is CC(C)[NH+]1CCc2nc(NC(=O)c3ccc(Cl)cc3Cl)sc2C1. The Bertz CT molecular complexity index is 745. The van der Waals surface area contributed by atoms with E-state index < -0.39 is 0 Å². The third kappa shape index (κ3) is 3.69. The van der Waals surface area contributed by atoms with E-state index in [1.54, 1.807) is 34.4 Å². The second-order valence-electron chi connectivity index (χ2n) is 5.96. The van der Waals surface area contributed by atoms with E-state index in [2.05, 4.69) is 24.1 Å². The average molecular weight is 371 g/mol. The molecule has 4 nitrogen and oxygen atoms in total. The predicted octanol–water partition coefficient (Wildman–Crippen LogP) is 3.05. The fourth-order valence-corrected chi connectivity index (χ4v) is 4.23. The molecule has 1 aliphatic heterocycles. The van der Waals surface area contributed by atoms with Crippen molar-refractivity contribution in [3.63, 3.8) is 0 Å². The molecular formula is C16H18Cl2N3OS+. The molecule has 1 aromatic heterocycles. The van der Waals surface area contributed by atoms with Crippen LogP contribution in [0.25, 0.3) is 0 Å². The lowest BCUT2D eigenvalue weighted by molar-refractivity contribution is -0.936. The van der Waals surface area contributed by atoms with E-state index in [-0.39, 0.29) is 5.91 Å². The summed E-state index contributed by atoms with van der Waals surface area (Å²) in [5, 5.41) is 4.33. The maximum Gasteiger partial charge on any atom is 0.258 e. The van der Waals surface area contributed by atoms with Crippen LogP contribution in [0.3, 0.4) is 0 Å². The molecular weight excluding hydrogens is 353 g/mol. The van der Waals surface area contributed by atoms with Crippen LogP contribution in [-0.4, -0.2) is 23.5 Å². The number of benzene rings is 1. The minimum atomic E-state index is -0.258. The van der Waals surface area contributed by atoms with Gasteiger partial charge in [0.05, 0.1) is 33.7 Å². The third-order valence-electron chi connectivity index (χ3n) is 4.06. The molecule has 23 heavy (non-hydrogen) atoms. The van der Waals surface area contributed by atoms with E-state index in [4.69, 9.17) is 23.2 Å². The van der Waals surface area contributed by atoms with Gasteiger partial charge in [0.15, 0.2) is 5.13 Å². The molecule has 1 aliphatic rings. The fourth-order valence-electron chi connectivity index (χ4n) is 2.67. The number of quaternary nitrogens is 1. The summed E-state index contributed by atoms with van der Waals surface area (Å²) in [5.74, 6) is -0.258. The minimum Gasteiger partial charge on any atom is -0.328 e. The van der Waals surface area contributed by atoms with E-state index in [0.29, 0.717) is 26.8 Å².